The Morgan fingerprint density at radius 1 is 1.28 bits per heavy atom. The van der Waals surface area contributed by atoms with E-state index in [1.165, 1.54) is 60.1 Å². The van der Waals surface area contributed by atoms with Crippen LogP contribution in [0.25, 0.3) is 10.6 Å². The van der Waals surface area contributed by atoms with Gasteiger partial charge >= 0.3 is 5.97 Å². The van der Waals surface area contributed by atoms with E-state index in [0.29, 0.717) is 10.9 Å². The van der Waals surface area contributed by atoms with E-state index in [1.54, 1.807) is 0 Å². The van der Waals surface area contributed by atoms with Crippen LogP contribution in [0.4, 0.5) is 0 Å². The van der Waals surface area contributed by atoms with Crippen LogP contribution in [-0.4, -0.2) is 20.9 Å². The number of rotatable bonds is 6. The van der Waals surface area contributed by atoms with Crippen LogP contribution in [0.2, 0.25) is 0 Å². The summed E-state index contributed by atoms with van der Waals surface area (Å²) in [5.74, 6) is 0.586. The number of hydrogen-bond acceptors (Lipinski definition) is 4. The van der Waals surface area contributed by atoms with Crippen molar-refractivity contribution in [3.8, 4) is 10.6 Å². The van der Waals surface area contributed by atoms with Gasteiger partial charge in [-0.25, -0.2) is 4.68 Å². The number of carboxylic acids is 1. The van der Waals surface area contributed by atoms with Gasteiger partial charge < -0.3 is 5.11 Å². The number of carboxylic acid groups (broad SMARTS) is 1. The molecule has 0 aliphatic heterocycles. The number of carbonyl (C=O) groups is 1. The van der Waals surface area contributed by atoms with Gasteiger partial charge in [0.15, 0.2) is 0 Å². The first-order valence-electron chi connectivity index (χ1n) is 9.01. The Bertz CT molecular complexity index is 771. The zero-order valence-electron chi connectivity index (χ0n) is 14.6. The summed E-state index contributed by atoms with van der Waals surface area (Å²) in [5.41, 5.74) is 2.34. The average Bonchev–Trinajstić information content (AvgIpc) is 2.96. The van der Waals surface area contributed by atoms with Gasteiger partial charge in [0.2, 0.25) is 4.80 Å². The van der Waals surface area contributed by atoms with E-state index in [0.717, 1.165) is 11.5 Å². The molecule has 0 amide bonds. The molecule has 0 radical (unpaired) electrons. The van der Waals surface area contributed by atoms with Crippen LogP contribution in [0, 0.1) is 11.3 Å². The highest BCUT2D eigenvalue weighted by atomic mass is 32.1. The minimum absolute atomic E-state index is 0.163. The number of aromatic nitrogens is 2. The second kappa shape index (κ2) is 7.95. The summed E-state index contributed by atoms with van der Waals surface area (Å²) in [5, 5.41) is 21.7. The molecular weight excluding hydrogens is 334 g/mol. The Hall–Kier alpha value is -1.95. The van der Waals surface area contributed by atoms with Crippen molar-refractivity contribution in [3.05, 3.63) is 34.6 Å². The van der Waals surface area contributed by atoms with Crippen molar-refractivity contribution in [2.75, 3.05) is 0 Å². The minimum atomic E-state index is -0.982. The molecule has 0 saturated heterocycles. The Morgan fingerprint density at radius 3 is 2.56 bits per heavy atom. The molecule has 0 atom stereocenters. The number of benzene rings is 1. The van der Waals surface area contributed by atoms with E-state index in [2.05, 4.69) is 36.3 Å². The van der Waals surface area contributed by atoms with Crippen molar-refractivity contribution in [3.63, 3.8) is 0 Å². The molecule has 1 aromatic heterocycles. The molecule has 1 heterocycles. The predicted molar refractivity (Wildman–Crippen MR) is 98.6 cm³/mol. The second-order valence-electron chi connectivity index (χ2n) is 6.89. The first-order valence-corrected chi connectivity index (χ1v) is 9.83. The van der Waals surface area contributed by atoms with Crippen molar-refractivity contribution in [2.45, 2.75) is 57.9 Å². The van der Waals surface area contributed by atoms with Crippen LogP contribution in [0.5, 0.6) is 0 Å². The largest absolute Gasteiger partial charge is 0.480 e. The topological polar surface area (TPSA) is 79.0 Å². The summed E-state index contributed by atoms with van der Waals surface area (Å²) in [4.78, 5) is 11.0. The molecule has 1 aromatic carbocycles. The second-order valence-corrected chi connectivity index (χ2v) is 7.87. The third-order valence-electron chi connectivity index (χ3n) is 5.10. The maximum atomic E-state index is 10.8. The molecule has 1 saturated carbocycles. The quantitative estimate of drug-likeness (QED) is 0.809. The van der Waals surface area contributed by atoms with E-state index in [1.807, 2.05) is 0 Å². The van der Waals surface area contributed by atoms with Gasteiger partial charge in [0, 0.05) is 5.56 Å². The summed E-state index contributed by atoms with van der Waals surface area (Å²) in [6.45, 7) is 2.00. The molecule has 1 aliphatic carbocycles. The fraction of sp³-hybridized carbons (Fsp3) is 0.526. The molecule has 2 N–H and O–H groups in total. The number of nitrogens with one attached hydrogen (secondary N) is 1. The van der Waals surface area contributed by atoms with E-state index in [9.17, 15) is 4.79 Å². The van der Waals surface area contributed by atoms with Crippen LogP contribution >= 0.6 is 11.3 Å². The minimum Gasteiger partial charge on any atom is -0.480 e. The van der Waals surface area contributed by atoms with Crippen LogP contribution in [0.15, 0.2) is 24.3 Å². The van der Waals surface area contributed by atoms with Crippen LogP contribution < -0.4 is 4.80 Å². The normalized spacial score (nSPS) is 20.5. The molecule has 1 aliphatic rings. The smallest absolute Gasteiger partial charge is 0.325 e. The van der Waals surface area contributed by atoms with Gasteiger partial charge in [0.1, 0.15) is 11.6 Å². The maximum absolute atomic E-state index is 10.8. The lowest BCUT2D eigenvalue weighted by Crippen LogP contribution is -2.20. The fourth-order valence-corrected chi connectivity index (χ4v) is 4.55. The zero-order valence-corrected chi connectivity index (χ0v) is 15.4. The van der Waals surface area contributed by atoms with Crippen molar-refractivity contribution in [1.29, 1.82) is 5.41 Å². The lowest BCUT2D eigenvalue weighted by molar-refractivity contribution is -0.137. The predicted octanol–water partition coefficient (Wildman–Crippen LogP) is 4.25. The lowest BCUT2D eigenvalue weighted by Gasteiger charge is -2.28. The Balaban J connectivity index is 1.69. The van der Waals surface area contributed by atoms with Crippen molar-refractivity contribution < 1.29 is 9.90 Å². The lowest BCUT2D eigenvalue weighted by atomic mass is 9.77. The summed E-state index contributed by atoms with van der Waals surface area (Å²) >= 11 is 1.21. The van der Waals surface area contributed by atoms with Gasteiger partial charge in [-0.1, -0.05) is 55.4 Å². The standard InChI is InChI=1S/C19H25N3O2S/c1-2-3-13-4-6-14(7-5-13)15-8-10-16(11-9-15)18-21-22(12-17(23)24)19(20)25-18/h8-11,13-14,20H,2-7,12H2,1H3,(H,23,24). The van der Waals surface area contributed by atoms with Gasteiger partial charge in [-0.2, -0.15) is 5.10 Å². The number of aliphatic carboxylic acids is 1. The van der Waals surface area contributed by atoms with Crippen LogP contribution in [0.3, 0.4) is 0 Å². The summed E-state index contributed by atoms with van der Waals surface area (Å²) < 4.78 is 1.23. The zero-order chi connectivity index (χ0) is 17.8. The van der Waals surface area contributed by atoms with Gasteiger partial charge in [0.25, 0.3) is 0 Å². The maximum Gasteiger partial charge on any atom is 0.325 e. The molecule has 3 rings (SSSR count). The van der Waals surface area contributed by atoms with Gasteiger partial charge in [-0.05, 0) is 43.1 Å². The summed E-state index contributed by atoms with van der Waals surface area (Å²) in [6, 6.07) is 8.45. The summed E-state index contributed by atoms with van der Waals surface area (Å²) in [6.07, 6.45) is 7.88. The Labute approximate surface area is 151 Å². The first kappa shape index (κ1) is 17.9. The van der Waals surface area contributed by atoms with E-state index in [4.69, 9.17) is 10.5 Å². The molecule has 134 valence electrons. The number of hydrogen-bond donors (Lipinski definition) is 2. The van der Waals surface area contributed by atoms with Crippen molar-refractivity contribution >= 4 is 17.3 Å². The third kappa shape index (κ3) is 4.37. The third-order valence-corrected chi connectivity index (χ3v) is 6.01. The Kier molecular flexibility index (Phi) is 5.68. The molecule has 0 spiro atoms. The first-order chi connectivity index (χ1) is 12.1. The molecule has 25 heavy (non-hydrogen) atoms. The Morgan fingerprint density at radius 2 is 1.96 bits per heavy atom. The molecule has 1 fully saturated rings. The molecule has 2 aromatic rings. The van der Waals surface area contributed by atoms with E-state index >= 15 is 0 Å². The summed E-state index contributed by atoms with van der Waals surface area (Å²) in [7, 11) is 0. The van der Waals surface area contributed by atoms with E-state index < -0.39 is 5.97 Å². The van der Waals surface area contributed by atoms with Crippen LogP contribution in [0.1, 0.15) is 56.9 Å². The van der Waals surface area contributed by atoms with Gasteiger partial charge in [-0.3, -0.25) is 10.2 Å². The average molecular weight is 359 g/mol. The molecule has 0 bridgehead atoms. The van der Waals surface area contributed by atoms with Crippen LogP contribution in [-0.2, 0) is 11.3 Å². The highest BCUT2D eigenvalue weighted by Gasteiger charge is 2.21. The SMILES string of the molecule is CCCC1CCC(c2ccc(-c3nn(CC(=O)O)c(=N)s3)cc2)CC1. The molecule has 6 heteroatoms. The van der Waals surface area contributed by atoms with Crippen molar-refractivity contribution in [1.82, 2.24) is 9.78 Å². The highest BCUT2D eigenvalue weighted by molar-refractivity contribution is 7.12. The molecular formula is C19H25N3O2S. The van der Waals surface area contributed by atoms with Crippen molar-refractivity contribution in [2.24, 2.45) is 5.92 Å². The highest BCUT2D eigenvalue weighted by Crippen LogP contribution is 2.37. The monoisotopic (exact) mass is 359 g/mol. The van der Waals surface area contributed by atoms with Gasteiger partial charge in [0.05, 0.1) is 0 Å². The molecule has 5 nitrogen and oxygen atoms in total. The molecule has 0 unspecified atom stereocenters. The fourth-order valence-electron chi connectivity index (χ4n) is 3.76. The van der Waals surface area contributed by atoms with E-state index in [-0.39, 0.29) is 11.3 Å². The number of nitrogens with zero attached hydrogens (tertiary/aromatic N) is 2. The van der Waals surface area contributed by atoms with Gasteiger partial charge in [-0.15, -0.1) is 0 Å².